The number of urea groups is 1. The molecule has 0 radical (unpaired) electrons. The van der Waals surface area contributed by atoms with Crippen molar-refractivity contribution in [1.29, 1.82) is 0 Å². The van der Waals surface area contributed by atoms with Crippen LogP contribution in [0.25, 0.3) is 0 Å². The molecule has 128 valence electrons. The minimum atomic E-state index is -0.203. The number of thiophene rings is 1. The second-order valence-corrected chi connectivity index (χ2v) is 7.52. The van der Waals surface area contributed by atoms with Gasteiger partial charge in [0.25, 0.3) is 0 Å². The summed E-state index contributed by atoms with van der Waals surface area (Å²) in [6.07, 6.45) is 2.45. The van der Waals surface area contributed by atoms with E-state index in [0.717, 1.165) is 13.1 Å². The monoisotopic (exact) mass is 363 g/mol. The van der Waals surface area contributed by atoms with Crippen molar-refractivity contribution in [1.82, 2.24) is 10.2 Å². The zero-order chi connectivity index (χ0) is 16.9. The first-order valence-corrected chi connectivity index (χ1v) is 9.50. The molecular weight excluding hydrogens is 342 g/mol. The van der Waals surface area contributed by atoms with Gasteiger partial charge in [0.2, 0.25) is 0 Å². The average Bonchev–Trinajstić information content (AvgIpc) is 3.21. The number of likely N-dealkylation sites (tertiary alicyclic amines) is 1. The van der Waals surface area contributed by atoms with Crippen LogP contribution in [-0.4, -0.2) is 30.1 Å². The molecule has 2 aromatic rings. The van der Waals surface area contributed by atoms with Gasteiger partial charge in [-0.2, -0.15) is 0 Å². The molecular formula is C18H22ClN3OS. The SMILES string of the molecule is C[C@H](NC(=O)Nc1cccc(Cl)c1)[C@H](c1cccs1)N1CCCC1. The molecule has 24 heavy (non-hydrogen) atoms. The molecule has 1 aromatic heterocycles. The molecule has 0 aliphatic carbocycles. The standard InChI is InChI=1S/C18H22ClN3OS/c1-13(20-18(23)21-15-7-4-6-14(19)12-15)17(16-8-5-11-24-16)22-9-2-3-10-22/h4-8,11-13,17H,2-3,9-10H2,1H3,(H2,20,21,23)/t13-,17+/m0/s1. The first kappa shape index (κ1) is 17.3. The number of hydrogen-bond acceptors (Lipinski definition) is 3. The van der Waals surface area contributed by atoms with E-state index in [4.69, 9.17) is 11.6 Å². The predicted molar refractivity (Wildman–Crippen MR) is 101 cm³/mol. The number of carbonyl (C=O) groups is 1. The molecule has 0 bridgehead atoms. The Morgan fingerprint density at radius 1 is 1.25 bits per heavy atom. The fraction of sp³-hybridized carbons (Fsp3) is 0.389. The molecule has 3 rings (SSSR count). The van der Waals surface area contributed by atoms with E-state index in [9.17, 15) is 4.79 Å². The maximum atomic E-state index is 12.3. The molecule has 2 atom stereocenters. The van der Waals surface area contributed by atoms with Crippen LogP contribution in [0.2, 0.25) is 5.02 Å². The number of anilines is 1. The first-order valence-electron chi connectivity index (χ1n) is 8.24. The van der Waals surface area contributed by atoms with Gasteiger partial charge in [-0.05, 0) is 62.5 Å². The van der Waals surface area contributed by atoms with Crippen LogP contribution in [0.4, 0.5) is 10.5 Å². The highest BCUT2D eigenvalue weighted by molar-refractivity contribution is 7.10. The van der Waals surface area contributed by atoms with Crippen LogP contribution >= 0.6 is 22.9 Å². The predicted octanol–water partition coefficient (Wildman–Crippen LogP) is 4.75. The van der Waals surface area contributed by atoms with Crippen LogP contribution in [-0.2, 0) is 0 Å². The number of hydrogen-bond donors (Lipinski definition) is 2. The van der Waals surface area contributed by atoms with Crippen molar-refractivity contribution in [3.05, 3.63) is 51.7 Å². The van der Waals surface area contributed by atoms with E-state index in [2.05, 4.69) is 40.0 Å². The third-order valence-electron chi connectivity index (χ3n) is 4.28. The number of rotatable bonds is 5. The van der Waals surface area contributed by atoms with Gasteiger partial charge in [0.1, 0.15) is 0 Å². The van der Waals surface area contributed by atoms with Crippen LogP contribution in [0, 0.1) is 0 Å². The quantitative estimate of drug-likeness (QED) is 0.805. The number of halogens is 1. The highest BCUT2D eigenvalue weighted by atomic mass is 35.5. The van der Waals surface area contributed by atoms with E-state index in [-0.39, 0.29) is 18.1 Å². The number of amides is 2. The Balaban J connectivity index is 1.66. The fourth-order valence-corrected chi connectivity index (χ4v) is 4.40. The number of carbonyl (C=O) groups excluding carboxylic acids is 1. The summed E-state index contributed by atoms with van der Waals surface area (Å²) in [7, 11) is 0. The summed E-state index contributed by atoms with van der Waals surface area (Å²) in [5.74, 6) is 0. The van der Waals surface area contributed by atoms with Gasteiger partial charge in [-0.1, -0.05) is 23.7 Å². The molecule has 1 aliphatic heterocycles. The summed E-state index contributed by atoms with van der Waals surface area (Å²) in [6, 6.07) is 11.4. The number of nitrogens with zero attached hydrogens (tertiary/aromatic N) is 1. The summed E-state index contributed by atoms with van der Waals surface area (Å²) < 4.78 is 0. The lowest BCUT2D eigenvalue weighted by Gasteiger charge is -2.32. The second-order valence-electron chi connectivity index (χ2n) is 6.10. The van der Waals surface area contributed by atoms with Crippen molar-refractivity contribution in [2.45, 2.75) is 31.8 Å². The van der Waals surface area contributed by atoms with Crippen molar-refractivity contribution in [2.24, 2.45) is 0 Å². The van der Waals surface area contributed by atoms with Crippen molar-refractivity contribution >= 4 is 34.7 Å². The third-order valence-corrected chi connectivity index (χ3v) is 5.46. The zero-order valence-corrected chi connectivity index (χ0v) is 15.2. The van der Waals surface area contributed by atoms with Gasteiger partial charge in [0.15, 0.2) is 0 Å². The average molecular weight is 364 g/mol. The van der Waals surface area contributed by atoms with E-state index >= 15 is 0 Å². The molecule has 1 aliphatic rings. The van der Waals surface area contributed by atoms with E-state index in [1.165, 1.54) is 17.7 Å². The normalized spacial score (nSPS) is 17.4. The van der Waals surface area contributed by atoms with Gasteiger partial charge in [-0.3, -0.25) is 4.90 Å². The molecule has 0 unspecified atom stereocenters. The third kappa shape index (κ3) is 4.29. The molecule has 2 amide bonds. The molecule has 2 heterocycles. The van der Waals surface area contributed by atoms with Gasteiger partial charge in [0, 0.05) is 21.6 Å². The number of benzene rings is 1. The molecule has 0 spiro atoms. The maximum absolute atomic E-state index is 12.3. The molecule has 1 aromatic carbocycles. The van der Waals surface area contributed by atoms with Crippen molar-refractivity contribution in [2.75, 3.05) is 18.4 Å². The molecule has 6 heteroatoms. The summed E-state index contributed by atoms with van der Waals surface area (Å²) in [6.45, 7) is 4.25. The van der Waals surface area contributed by atoms with E-state index in [1.807, 2.05) is 12.1 Å². The maximum Gasteiger partial charge on any atom is 0.319 e. The lowest BCUT2D eigenvalue weighted by atomic mass is 10.1. The molecule has 2 N–H and O–H groups in total. The Hall–Kier alpha value is -1.56. The van der Waals surface area contributed by atoms with Gasteiger partial charge < -0.3 is 10.6 Å². The highest BCUT2D eigenvalue weighted by Gasteiger charge is 2.29. The minimum Gasteiger partial charge on any atom is -0.333 e. The zero-order valence-electron chi connectivity index (χ0n) is 13.7. The molecule has 4 nitrogen and oxygen atoms in total. The second kappa shape index (κ2) is 8.01. The van der Waals surface area contributed by atoms with E-state index in [0.29, 0.717) is 10.7 Å². The largest absolute Gasteiger partial charge is 0.333 e. The summed E-state index contributed by atoms with van der Waals surface area (Å²) in [5.41, 5.74) is 0.695. The highest BCUT2D eigenvalue weighted by Crippen LogP contribution is 2.31. The molecule has 0 saturated carbocycles. The first-order chi connectivity index (χ1) is 11.6. The van der Waals surface area contributed by atoms with Crippen LogP contribution in [0.1, 0.15) is 30.7 Å². The van der Waals surface area contributed by atoms with Gasteiger partial charge >= 0.3 is 6.03 Å². The Morgan fingerprint density at radius 2 is 2.04 bits per heavy atom. The molecule has 1 fully saturated rings. The van der Waals surface area contributed by atoms with E-state index < -0.39 is 0 Å². The number of nitrogens with one attached hydrogen (secondary N) is 2. The topological polar surface area (TPSA) is 44.4 Å². The fourth-order valence-electron chi connectivity index (χ4n) is 3.24. The summed E-state index contributed by atoms with van der Waals surface area (Å²) >= 11 is 7.71. The van der Waals surface area contributed by atoms with Crippen LogP contribution in [0.15, 0.2) is 41.8 Å². The van der Waals surface area contributed by atoms with Crippen LogP contribution in [0.5, 0.6) is 0 Å². The van der Waals surface area contributed by atoms with Gasteiger partial charge in [-0.25, -0.2) is 4.79 Å². The molecule has 1 saturated heterocycles. The Morgan fingerprint density at radius 3 is 2.71 bits per heavy atom. The van der Waals surface area contributed by atoms with Crippen LogP contribution in [0.3, 0.4) is 0 Å². The lowest BCUT2D eigenvalue weighted by Crippen LogP contribution is -2.45. The summed E-state index contributed by atoms with van der Waals surface area (Å²) in [4.78, 5) is 16.1. The Labute approximate surface area is 151 Å². The van der Waals surface area contributed by atoms with E-state index in [1.54, 1.807) is 23.5 Å². The lowest BCUT2D eigenvalue weighted by molar-refractivity contribution is 0.200. The van der Waals surface area contributed by atoms with Crippen LogP contribution < -0.4 is 10.6 Å². The Kier molecular flexibility index (Phi) is 5.76. The van der Waals surface area contributed by atoms with Gasteiger partial charge in [-0.15, -0.1) is 11.3 Å². The van der Waals surface area contributed by atoms with Gasteiger partial charge in [0.05, 0.1) is 6.04 Å². The summed E-state index contributed by atoms with van der Waals surface area (Å²) in [5, 5.41) is 8.64. The van der Waals surface area contributed by atoms with Crippen molar-refractivity contribution < 1.29 is 4.79 Å². The smallest absolute Gasteiger partial charge is 0.319 e. The van der Waals surface area contributed by atoms with Crippen molar-refractivity contribution in [3.8, 4) is 0 Å². The Bertz CT molecular complexity index is 671. The van der Waals surface area contributed by atoms with Crippen molar-refractivity contribution in [3.63, 3.8) is 0 Å². The minimum absolute atomic E-state index is 0.0148.